The maximum Gasteiger partial charge on any atom is 0.273 e. The molecule has 6 nitrogen and oxygen atoms in total. The summed E-state index contributed by atoms with van der Waals surface area (Å²) in [7, 11) is 1.63. The Morgan fingerprint density at radius 2 is 2.36 bits per heavy atom. The van der Waals surface area contributed by atoms with E-state index in [2.05, 4.69) is 15.5 Å². The first-order chi connectivity index (χ1) is 6.44. The van der Waals surface area contributed by atoms with Gasteiger partial charge < -0.3 is 10.4 Å². The Hall–Kier alpha value is -1.43. The molecule has 1 rings (SSSR count). The van der Waals surface area contributed by atoms with Crippen molar-refractivity contribution in [2.75, 3.05) is 6.61 Å². The molecule has 6 heteroatoms. The van der Waals surface area contributed by atoms with Crippen LogP contribution in [-0.2, 0) is 7.05 Å². The second kappa shape index (κ2) is 3.75. The Balaban J connectivity index is 2.68. The largest absolute Gasteiger partial charge is 0.394 e. The van der Waals surface area contributed by atoms with E-state index in [9.17, 15) is 4.79 Å². The molecule has 0 spiro atoms. The van der Waals surface area contributed by atoms with Crippen LogP contribution in [0.5, 0.6) is 0 Å². The molecule has 14 heavy (non-hydrogen) atoms. The Morgan fingerprint density at radius 1 is 1.71 bits per heavy atom. The molecule has 0 atom stereocenters. The molecule has 0 aliphatic carbocycles. The fraction of sp³-hybridized carbons (Fsp3) is 0.625. The fourth-order valence-corrected chi connectivity index (χ4v) is 0.861. The van der Waals surface area contributed by atoms with Crippen molar-refractivity contribution in [3.8, 4) is 0 Å². The topological polar surface area (TPSA) is 80.0 Å². The number of aromatic nitrogens is 3. The third kappa shape index (κ3) is 2.53. The molecule has 1 heterocycles. The van der Waals surface area contributed by atoms with Gasteiger partial charge in [0.25, 0.3) is 5.91 Å². The lowest BCUT2D eigenvalue weighted by Crippen LogP contribution is -2.46. The SMILES string of the molecule is Cn1ncc(C(=O)NC(C)(C)CO)n1. The van der Waals surface area contributed by atoms with Gasteiger partial charge in [0.15, 0.2) is 5.69 Å². The third-order valence-electron chi connectivity index (χ3n) is 1.68. The standard InChI is InChI=1S/C8H14N4O2/c1-8(2,5-13)10-7(14)6-4-9-12(3)11-6/h4,13H,5H2,1-3H3,(H,10,14). The zero-order chi connectivity index (χ0) is 10.8. The van der Waals surface area contributed by atoms with Crippen LogP contribution >= 0.6 is 0 Å². The summed E-state index contributed by atoms with van der Waals surface area (Å²) in [6.07, 6.45) is 1.38. The Bertz CT molecular complexity index is 332. The lowest BCUT2D eigenvalue weighted by molar-refractivity contribution is 0.0863. The summed E-state index contributed by atoms with van der Waals surface area (Å²) in [5.74, 6) is -0.336. The van der Waals surface area contributed by atoms with Crippen molar-refractivity contribution in [2.24, 2.45) is 7.05 Å². The summed E-state index contributed by atoms with van der Waals surface area (Å²) in [4.78, 5) is 12.8. The second-order valence-corrected chi connectivity index (χ2v) is 3.72. The summed E-state index contributed by atoms with van der Waals surface area (Å²) < 4.78 is 0. The van der Waals surface area contributed by atoms with Crippen molar-refractivity contribution in [2.45, 2.75) is 19.4 Å². The molecule has 0 saturated heterocycles. The number of hydrogen-bond acceptors (Lipinski definition) is 4. The van der Waals surface area contributed by atoms with E-state index in [1.165, 1.54) is 11.0 Å². The van der Waals surface area contributed by atoms with E-state index in [-0.39, 0.29) is 18.2 Å². The molecule has 0 aliphatic heterocycles. The van der Waals surface area contributed by atoms with Crippen LogP contribution in [0.2, 0.25) is 0 Å². The molecule has 1 amide bonds. The van der Waals surface area contributed by atoms with Gasteiger partial charge in [-0.15, -0.1) is 5.10 Å². The minimum Gasteiger partial charge on any atom is -0.394 e. The van der Waals surface area contributed by atoms with E-state index in [1.54, 1.807) is 20.9 Å². The number of carbonyl (C=O) groups excluding carboxylic acids is 1. The molecule has 0 fully saturated rings. The van der Waals surface area contributed by atoms with Gasteiger partial charge in [-0.05, 0) is 13.8 Å². The van der Waals surface area contributed by atoms with Crippen molar-refractivity contribution in [3.05, 3.63) is 11.9 Å². The van der Waals surface area contributed by atoms with Crippen LogP contribution < -0.4 is 5.32 Å². The number of rotatable bonds is 3. The van der Waals surface area contributed by atoms with Crippen LogP contribution in [0.1, 0.15) is 24.3 Å². The van der Waals surface area contributed by atoms with Gasteiger partial charge in [-0.1, -0.05) is 0 Å². The van der Waals surface area contributed by atoms with Crippen LogP contribution in [0.3, 0.4) is 0 Å². The van der Waals surface area contributed by atoms with Gasteiger partial charge in [-0.25, -0.2) is 0 Å². The molecule has 78 valence electrons. The van der Waals surface area contributed by atoms with Gasteiger partial charge in [0.1, 0.15) is 0 Å². The lowest BCUT2D eigenvalue weighted by atomic mass is 10.1. The maximum atomic E-state index is 11.5. The molecular formula is C8H14N4O2. The zero-order valence-electron chi connectivity index (χ0n) is 8.48. The number of nitrogens with zero attached hydrogens (tertiary/aromatic N) is 3. The van der Waals surface area contributed by atoms with Crippen molar-refractivity contribution >= 4 is 5.91 Å². The van der Waals surface area contributed by atoms with Crippen LogP contribution in [0.25, 0.3) is 0 Å². The molecule has 0 bridgehead atoms. The van der Waals surface area contributed by atoms with Gasteiger partial charge in [0.05, 0.1) is 18.3 Å². The number of carbonyl (C=O) groups is 1. The van der Waals surface area contributed by atoms with Crippen molar-refractivity contribution < 1.29 is 9.90 Å². The molecule has 0 radical (unpaired) electrons. The number of aliphatic hydroxyl groups is 1. The van der Waals surface area contributed by atoms with Gasteiger partial charge >= 0.3 is 0 Å². The first-order valence-electron chi connectivity index (χ1n) is 4.24. The second-order valence-electron chi connectivity index (χ2n) is 3.72. The molecule has 0 aromatic carbocycles. The Labute approximate surface area is 81.9 Å². The van der Waals surface area contributed by atoms with Crippen LogP contribution in [0.15, 0.2) is 6.20 Å². The van der Waals surface area contributed by atoms with Gasteiger partial charge in [-0.2, -0.15) is 9.90 Å². The van der Waals surface area contributed by atoms with Crippen LogP contribution in [-0.4, -0.2) is 38.2 Å². The monoisotopic (exact) mass is 198 g/mol. The van der Waals surface area contributed by atoms with E-state index >= 15 is 0 Å². The van der Waals surface area contributed by atoms with Crippen LogP contribution in [0.4, 0.5) is 0 Å². The lowest BCUT2D eigenvalue weighted by Gasteiger charge is -2.22. The molecule has 1 aromatic heterocycles. The van der Waals surface area contributed by atoms with Gasteiger partial charge in [0.2, 0.25) is 0 Å². The van der Waals surface area contributed by atoms with E-state index in [4.69, 9.17) is 5.11 Å². The average Bonchev–Trinajstić information content (AvgIpc) is 2.51. The van der Waals surface area contributed by atoms with Crippen molar-refractivity contribution in [3.63, 3.8) is 0 Å². The van der Waals surface area contributed by atoms with Crippen molar-refractivity contribution in [1.29, 1.82) is 0 Å². The van der Waals surface area contributed by atoms with E-state index in [0.717, 1.165) is 0 Å². The van der Waals surface area contributed by atoms with Gasteiger partial charge in [-0.3, -0.25) is 4.79 Å². The third-order valence-corrected chi connectivity index (χ3v) is 1.68. The molecular weight excluding hydrogens is 184 g/mol. The highest BCUT2D eigenvalue weighted by Gasteiger charge is 2.21. The predicted octanol–water partition coefficient (Wildman–Crippen LogP) is -0.684. The minimum atomic E-state index is -0.644. The summed E-state index contributed by atoms with van der Waals surface area (Å²) in [6.45, 7) is 3.32. The van der Waals surface area contributed by atoms with E-state index < -0.39 is 5.54 Å². The van der Waals surface area contributed by atoms with E-state index in [1.807, 2.05) is 0 Å². The summed E-state index contributed by atoms with van der Waals surface area (Å²) in [6, 6.07) is 0. The highest BCUT2D eigenvalue weighted by Crippen LogP contribution is 2.01. The number of hydrogen-bond donors (Lipinski definition) is 2. The quantitative estimate of drug-likeness (QED) is 0.674. The molecule has 1 aromatic rings. The van der Waals surface area contributed by atoms with Crippen molar-refractivity contribution in [1.82, 2.24) is 20.3 Å². The molecule has 2 N–H and O–H groups in total. The first kappa shape index (κ1) is 10.6. The minimum absolute atomic E-state index is 0.126. The summed E-state index contributed by atoms with van der Waals surface area (Å²) in [5.41, 5.74) is -0.400. The molecule has 0 unspecified atom stereocenters. The Kier molecular flexibility index (Phi) is 2.85. The van der Waals surface area contributed by atoms with Gasteiger partial charge in [0, 0.05) is 7.05 Å². The normalized spacial score (nSPS) is 11.4. The van der Waals surface area contributed by atoms with E-state index in [0.29, 0.717) is 0 Å². The summed E-state index contributed by atoms with van der Waals surface area (Å²) >= 11 is 0. The first-order valence-corrected chi connectivity index (χ1v) is 4.24. The molecule has 0 saturated carbocycles. The Morgan fingerprint density at radius 3 is 2.79 bits per heavy atom. The highest BCUT2D eigenvalue weighted by atomic mass is 16.3. The number of nitrogens with one attached hydrogen (secondary N) is 1. The maximum absolute atomic E-state index is 11.5. The highest BCUT2D eigenvalue weighted by molar-refractivity contribution is 5.92. The number of amides is 1. The molecule has 0 aliphatic rings. The number of aliphatic hydroxyl groups excluding tert-OH is 1. The predicted molar refractivity (Wildman–Crippen MR) is 49.6 cm³/mol. The number of aryl methyl sites for hydroxylation is 1. The average molecular weight is 198 g/mol. The fourth-order valence-electron chi connectivity index (χ4n) is 0.861. The zero-order valence-corrected chi connectivity index (χ0v) is 8.48. The summed E-state index contributed by atoms with van der Waals surface area (Å²) in [5, 5.41) is 19.2. The van der Waals surface area contributed by atoms with Crippen LogP contribution in [0, 0.1) is 0 Å². The smallest absolute Gasteiger partial charge is 0.273 e.